The number of hydrogen-bond acceptors (Lipinski definition) is 8. The van der Waals surface area contributed by atoms with Gasteiger partial charge in [-0.25, -0.2) is 45.5 Å². The number of rotatable bonds is 6. The van der Waals surface area contributed by atoms with Gasteiger partial charge in [0.25, 0.3) is 11.4 Å². The van der Waals surface area contributed by atoms with Crippen molar-refractivity contribution in [2.45, 2.75) is 34.1 Å². The van der Waals surface area contributed by atoms with Gasteiger partial charge in [0.1, 0.15) is 0 Å². The maximum Gasteiger partial charge on any atom is 0.269 e. The van der Waals surface area contributed by atoms with Gasteiger partial charge in [-0.15, -0.1) is 0 Å². The van der Waals surface area contributed by atoms with Crippen molar-refractivity contribution in [3.8, 4) is 34.4 Å². The van der Waals surface area contributed by atoms with E-state index in [1.165, 1.54) is 18.2 Å². The van der Waals surface area contributed by atoms with Crippen LogP contribution in [0.5, 0.6) is 0 Å². The molecular weight excluding hydrogens is 673 g/mol. The van der Waals surface area contributed by atoms with Gasteiger partial charge in [-0.2, -0.15) is 0 Å². The molecular formula is C30H20N4O8S4. The monoisotopic (exact) mass is 692 g/mol. The standard InChI is InChI=1S/C30H20N4O8S4/c1-33-23(11-31)29-22-7-16-9-25(45(3,39)40)26(46(4,41)42)10-20(16)28(22)30(24(12-32)34-2)21-6-15-5-17(13-43(35)36)18(14-44(37)38)8-19(15)27(21)29/h5,8-10H,6-7,13-14H2,3-4H3,(H,35,36)(H,37,38)/b29-23-,30-24+. The van der Waals surface area contributed by atoms with E-state index in [0.29, 0.717) is 38.9 Å². The maximum atomic E-state index is 12.8. The van der Waals surface area contributed by atoms with E-state index in [9.17, 15) is 44.9 Å². The first kappa shape index (κ1) is 32.9. The van der Waals surface area contributed by atoms with Crippen molar-refractivity contribution in [1.29, 1.82) is 10.5 Å². The van der Waals surface area contributed by atoms with Crippen LogP contribution >= 0.6 is 0 Å². The molecule has 0 saturated heterocycles. The summed E-state index contributed by atoms with van der Waals surface area (Å²) in [6, 6.07) is 9.29. The zero-order chi connectivity index (χ0) is 33.9. The Balaban J connectivity index is 2.05. The molecule has 2 N–H and O–H groups in total. The van der Waals surface area contributed by atoms with Gasteiger partial charge in [0.2, 0.25) is 0 Å². The molecule has 3 aromatic rings. The van der Waals surface area contributed by atoms with Crippen LogP contribution in [-0.2, 0) is 66.2 Å². The predicted molar refractivity (Wildman–Crippen MR) is 169 cm³/mol. The van der Waals surface area contributed by atoms with E-state index in [1.54, 1.807) is 6.07 Å². The zero-order valence-corrected chi connectivity index (χ0v) is 27.2. The zero-order valence-electron chi connectivity index (χ0n) is 23.9. The first-order chi connectivity index (χ1) is 21.5. The third-order valence-corrected chi connectivity index (χ3v) is 11.4. The van der Waals surface area contributed by atoms with E-state index in [0.717, 1.165) is 12.5 Å². The highest BCUT2D eigenvalue weighted by Crippen LogP contribution is 2.43. The molecule has 0 heterocycles. The second-order valence-corrected chi connectivity index (χ2v) is 16.5. The SMILES string of the molecule is [C-]#[N+]/C(C#N)=c1/c2c(/c(=C(\C#N)[N+]#[C-])c3c1-c1cc(CS(=O)O)c(CS(=O)O)cc1C3)-c1cc(S(C)(=O)=O)c(S(C)(=O)=O)cc1C2. The van der Waals surface area contributed by atoms with Crippen molar-refractivity contribution in [1.82, 2.24) is 0 Å². The molecule has 3 aromatic carbocycles. The molecule has 0 bridgehead atoms. The Morgan fingerprint density at radius 3 is 1.54 bits per heavy atom. The van der Waals surface area contributed by atoms with Crippen LogP contribution in [0.25, 0.3) is 43.3 Å². The number of benzene rings is 3. The highest BCUT2D eigenvalue weighted by molar-refractivity contribution is 7.93. The Labute approximate surface area is 269 Å². The summed E-state index contributed by atoms with van der Waals surface area (Å²) in [6.45, 7) is 15.6. The summed E-state index contributed by atoms with van der Waals surface area (Å²) in [5, 5.41) is 20.4. The summed E-state index contributed by atoms with van der Waals surface area (Å²) in [5.41, 5.74) is 2.57. The van der Waals surface area contributed by atoms with E-state index in [4.69, 9.17) is 13.1 Å². The smallest absolute Gasteiger partial charge is 0.269 e. The fraction of sp³-hybridized carbons (Fsp3) is 0.200. The molecule has 2 unspecified atom stereocenters. The molecule has 0 fully saturated rings. The third-order valence-electron chi connectivity index (χ3n) is 7.84. The van der Waals surface area contributed by atoms with Crippen LogP contribution in [-0.4, -0.2) is 46.9 Å². The number of nitriles is 2. The average Bonchev–Trinajstić information content (AvgIpc) is 3.51. The number of sulfone groups is 2. The summed E-state index contributed by atoms with van der Waals surface area (Å²) in [7, 11) is -8.16. The average molecular weight is 693 g/mol. The first-order valence-corrected chi connectivity index (χ1v) is 19.3. The van der Waals surface area contributed by atoms with Crippen LogP contribution in [0.15, 0.2) is 34.1 Å². The fourth-order valence-corrected chi connectivity index (χ4v) is 9.71. The Morgan fingerprint density at radius 1 is 0.761 bits per heavy atom. The Bertz CT molecular complexity index is 2500. The van der Waals surface area contributed by atoms with Gasteiger partial charge in [0.15, 0.2) is 41.8 Å². The number of hydrogen-bond donors (Lipinski definition) is 2. The lowest BCUT2D eigenvalue weighted by atomic mass is 9.90. The Morgan fingerprint density at radius 2 is 1.15 bits per heavy atom. The molecule has 0 spiro atoms. The third kappa shape index (κ3) is 5.46. The van der Waals surface area contributed by atoms with Crippen molar-refractivity contribution in [2.24, 2.45) is 0 Å². The highest BCUT2D eigenvalue weighted by Gasteiger charge is 2.35. The van der Waals surface area contributed by atoms with Crippen LogP contribution in [0.1, 0.15) is 33.4 Å². The summed E-state index contributed by atoms with van der Waals surface area (Å²) in [4.78, 5) is 5.95. The minimum absolute atomic E-state index is 0.0287. The van der Waals surface area contributed by atoms with Crippen molar-refractivity contribution < 1.29 is 34.4 Å². The molecule has 46 heavy (non-hydrogen) atoms. The van der Waals surface area contributed by atoms with Crippen LogP contribution in [0.4, 0.5) is 0 Å². The molecule has 0 aliphatic heterocycles. The Kier molecular flexibility index (Phi) is 8.35. The van der Waals surface area contributed by atoms with Gasteiger partial charge >= 0.3 is 0 Å². The van der Waals surface area contributed by atoms with Gasteiger partial charge in [-0.1, -0.05) is 6.07 Å². The van der Waals surface area contributed by atoms with E-state index in [-0.39, 0.29) is 57.1 Å². The summed E-state index contributed by atoms with van der Waals surface area (Å²) in [6.07, 6.45) is 1.67. The lowest BCUT2D eigenvalue weighted by Gasteiger charge is -2.15. The lowest BCUT2D eigenvalue weighted by molar-refractivity contribution is 0.559. The molecule has 232 valence electrons. The van der Waals surface area contributed by atoms with Gasteiger partial charge in [0, 0.05) is 22.9 Å². The minimum Gasteiger partial charge on any atom is -0.306 e. The first-order valence-electron chi connectivity index (χ1n) is 12.9. The van der Waals surface area contributed by atoms with Crippen molar-refractivity contribution in [2.75, 3.05) is 12.5 Å². The van der Waals surface area contributed by atoms with Gasteiger partial charge in [0.05, 0.1) is 46.6 Å². The summed E-state index contributed by atoms with van der Waals surface area (Å²) < 4.78 is 93.9. The van der Waals surface area contributed by atoms with Crippen LogP contribution in [0.3, 0.4) is 0 Å². The highest BCUT2D eigenvalue weighted by atomic mass is 32.2. The number of fused-ring (bicyclic) bond motifs is 6. The largest absolute Gasteiger partial charge is 0.306 e. The molecule has 12 nitrogen and oxygen atoms in total. The molecule has 16 heteroatoms. The molecule has 2 aliphatic rings. The predicted octanol–water partition coefficient (Wildman–Crippen LogP) is 2.18. The normalized spacial score (nSPS) is 15.5. The van der Waals surface area contributed by atoms with E-state index in [1.807, 2.05) is 12.1 Å². The van der Waals surface area contributed by atoms with Gasteiger partial charge in [-0.05, 0) is 86.7 Å². The number of nitrogens with zero attached hydrogens (tertiary/aromatic N) is 4. The Hall–Kier alpha value is -4.52. The summed E-state index contributed by atoms with van der Waals surface area (Å²) >= 11 is -4.65. The molecule has 0 aromatic heterocycles. The van der Waals surface area contributed by atoms with Crippen molar-refractivity contribution in [3.63, 3.8) is 0 Å². The van der Waals surface area contributed by atoms with Crippen LogP contribution in [0, 0.1) is 35.8 Å². The van der Waals surface area contributed by atoms with Crippen molar-refractivity contribution >= 4 is 53.2 Å². The topological polar surface area (TPSA) is 199 Å². The van der Waals surface area contributed by atoms with Crippen molar-refractivity contribution in [3.05, 3.63) is 90.9 Å². The lowest BCUT2D eigenvalue weighted by Crippen LogP contribution is -2.25. The van der Waals surface area contributed by atoms with Gasteiger partial charge < -0.3 is 9.11 Å². The quantitative estimate of drug-likeness (QED) is 0.196. The van der Waals surface area contributed by atoms with E-state index >= 15 is 0 Å². The molecule has 5 rings (SSSR count). The van der Waals surface area contributed by atoms with E-state index < -0.39 is 57.4 Å². The summed E-state index contributed by atoms with van der Waals surface area (Å²) in [5.74, 6) is -0.753. The molecule has 2 atom stereocenters. The maximum absolute atomic E-state index is 12.8. The second-order valence-electron chi connectivity index (χ2n) is 10.7. The molecule has 0 amide bonds. The van der Waals surface area contributed by atoms with Crippen LogP contribution in [0.2, 0.25) is 0 Å². The fourth-order valence-electron chi connectivity index (χ4n) is 6.19. The molecule has 0 saturated carbocycles. The van der Waals surface area contributed by atoms with Crippen LogP contribution < -0.4 is 10.4 Å². The minimum atomic E-state index is -4.11. The van der Waals surface area contributed by atoms with E-state index in [2.05, 4.69) is 9.69 Å². The second kappa shape index (κ2) is 11.7. The molecule has 0 radical (unpaired) electrons. The molecule has 2 aliphatic carbocycles. The van der Waals surface area contributed by atoms with Gasteiger partial charge in [-0.3, -0.25) is 0 Å².